The first-order chi connectivity index (χ1) is 12.3. The summed E-state index contributed by atoms with van der Waals surface area (Å²) in [6.07, 6.45) is 1.27. The van der Waals surface area contributed by atoms with E-state index in [1.807, 2.05) is 11.3 Å². The van der Waals surface area contributed by atoms with Gasteiger partial charge in [-0.05, 0) is 30.7 Å². The van der Waals surface area contributed by atoms with E-state index in [4.69, 9.17) is 9.73 Å². The van der Waals surface area contributed by atoms with Crippen LogP contribution in [0.4, 0.5) is 0 Å². The molecule has 2 atom stereocenters. The maximum absolute atomic E-state index is 5.46. The van der Waals surface area contributed by atoms with Crippen molar-refractivity contribution >= 4 is 41.3 Å². The third-order valence-electron chi connectivity index (χ3n) is 5.08. The number of guanidine groups is 1. The lowest BCUT2D eigenvalue weighted by atomic mass is 10.1. The lowest BCUT2D eigenvalue weighted by molar-refractivity contribution is 0.0315. The van der Waals surface area contributed by atoms with Crippen molar-refractivity contribution in [2.45, 2.75) is 26.2 Å². The van der Waals surface area contributed by atoms with Gasteiger partial charge in [-0.3, -0.25) is 9.89 Å². The van der Waals surface area contributed by atoms with Gasteiger partial charge in [-0.25, -0.2) is 0 Å². The largest absolute Gasteiger partial charge is 0.379 e. The molecule has 0 spiro atoms. The molecular weight excluding hydrogens is 459 g/mol. The Morgan fingerprint density at radius 3 is 2.88 bits per heavy atom. The fraction of sp³-hybridized carbons (Fsp3) is 0.737. The first-order valence-electron chi connectivity index (χ1n) is 9.63. The molecule has 7 heteroatoms. The summed E-state index contributed by atoms with van der Waals surface area (Å²) in [5.41, 5.74) is 0. The van der Waals surface area contributed by atoms with Crippen LogP contribution in [0.25, 0.3) is 0 Å². The molecule has 0 bridgehead atoms. The molecule has 3 rings (SSSR count). The summed E-state index contributed by atoms with van der Waals surface area (Å²) in [6, 6.07) is 4.34. The molecule has 1 aromatic rings. The normalized spacial score (nSPS) is 22.9. The van der Waals surface area contributed by atoms with E-state index in [9.17, 15) is 0 Å². The molecular formula is C19H33IN4OS. The number of aliphatic imine (C=N–C) groups is 1. The van der Waals surface area contributed by atoms with Gasteiger partial charge in [0.2, 0.25) is 0 Å². The van der Waals surface area contributed by atoms with Crippen molar-refractivity contribution in [2.24, 2.45) is 10.9 Å². The number of halogens is 1. The minimum atomic E-state index is 0. The Kier molecular flexibility index (Phi) is 9.66. The van der Waals surface area contributed by atoms with Crippen molar-refractivity contribution in [3.05, 3.63) is 22.4 Å². The Morgan fingerprint density at radius 2 is 2.19 bits per heavy atom. The third-order valence-corrected chi connectivity index (χ3v) is 6.19. The van der Waals surface area contributed by atoms with Gasteiger partial charge in [0.1, 0.15) is 0 Å². The minimum Gasteiger partial charge on any atom is -0.379 e. The van der Waals surface area contributed by atoms with Crippen molar-refractivity contribution in [1.82, 2.24) is 15.1 Å². The fourth-order valence-electron chi connectivity index (χ4n) is 3.63. The Morgan fingerprint density at radius 1 is 1.38 bits per heavy atom. The number of thiophene rings is 1. The summed E-state index contributed by atoms with van der Waals surface area (Å²) in [4.78, 5) is 11.4. The number of nitrogens with zero attached hydrogens (tertiary/aromatic N) is 3. The molecule has 2 unspecified atom stereocenters. The number of hydrogen-bond acceptors (Lipinski definition) is 4. The summed E-state index contributed by atoms with van der Waals surface area (Å²) in [5.74, 6) is 2.33. The molecule has 0 radical (unpaired) electrons. The molecule has 0 amide bonds. The molecule has 26 heavy (non-hydrogen) atoms. The first kappa shape index (κ1) is 21.9. The predicted octanol–water partition coefficient (Wildman–Crippen LogP) is 3.09. The number of ether oxygens (including phenoxy) is 1. The van der Waals surface area contributed by atoms with Crippen molar-refractivity contribution in [3.63, 3.8) is 0 Å². The lowest BCUT2D eigenvalue weighted by Crippen LogP contribution is -2.42. The molecule has 1 N–H and O–H groups in total. The Balaban J connectivity index is 0.00000243. The van der Waals surface area contributed by atoms with Gasteiger partial charge >= 0.3 is 0 Å². The highest BCUT2D eigenvalue weighted by Crippen LogP contribution is 2.22. The fourth-order valence-corrected chi connectivity index (χ4v) is 4.41. The van der Waals surface area contributed by atoms with Crippen LogP contribution in [-0.4, -0.2) is 74.8 Å². The van der Waals surface area contributed by atoms with E-state index in [0.717, 1.165) is 64.4 Å². The lowest BCUT2D eigenvalue weighted by Gasteiger charge is -2.29. The van der Waals surface area contributed by atoms with Crippen LogP contribution < -0.4 is 5.32 Å². The highest BCUT2D eigenvalue weighted by molar-refractivity contribution is 14.0. The summed E-state index contributed by atoms with van der Waals surface area (Å²) < 4.78 is 5.46. The van der Waals surface area contributed by atoms with E-state index in [1.165, 1.54) is 17.8 Å². The van der Waals surface area contributed by atoms with E-state index in [1.54, 1.807) is 0 Å². The Labute approximate surface area is 179 Å². The van der Waals surface area contributed by atoms with Crippen LogP contribution in [-0.2, 0) is 4.74 Å². The first-order valence-corrected chi connectivity index (χ1v) is 10.5. The van der Waals surface area contributed by atoms with Crippen LogP contribution in [0.1, 0.15) is 31.1 Å². The maximum Gasteiger partial charge on any atom is 0.193 e. The van der Waals surface area contributed by atoms with Crippen molar-refractivity contribution < 1.29 is 4.74 Å². The second-order valence-corrected chi connectivity index (χ2v) is 8.10. The van der Waals surface area contributed by atoms with E-state index < -0.39 is 0 Å². The summed E-state index contributed by atoms with van der Waals surface area (Å²) in [7, 11) is 0. The second-order valence-electron chi connectivity index (χ2n) is 7.12. The minimum absolute atomic E-state index is 0. The van der Waals surface area contributed by atoms with Gasteiger partial charge in [0, 0.05) is 50.1 Å². The molecule has 0 aromatic carbocycles. The van der Waals surface area contributed by atoms with E-state index in [-0.39, 0.29) is 24.0 Å². The van der Waals surface area contributed by atoms with Crippen LogP contribution in [0, 0.1) is 5.92 Å². The number of nitrogens with one attached hydrogen (secondary N) is 1. The van der Waals surface area contributed by atoms with Crippen LogP contribution in [0.5, 0.6) is 0 Å². The molecule has 148 valence electrons. The van der Waals surface area contributed by atoms with E-state index >= 15 is 0 Å². The zero-order valence-electron chi connectivity index (χ0n) is 16.0. The smallest absolute Gasteiger partial charge is 0.193 e. The van der Waals surface area contributed by atoms with Crippen molar-refractivity contribution in [2.75, 3.05) is 59.0 Å². The van der Waals surface area contributed by atoms with Gasteiger partial charge in [0.15, 0.2) is 5.96 Å². The van der Waals surface area contributed by atoms with Gasteiger partial charge < -0.3 is 15.0 Å². The zero-order valence-corrected chi connectivity index (χ0v) is 19.2. The molecule has 2 fully saturated rings. The molecule has 1 aromatic heterocycles. The maximum atomic E-state index is 5.46. The quantitative estimate of drug-likeness (QED) is 0.377. The molecule has 2 saturated heterocycles. The molecule has 2 aliphatic rings. The average molecular weight is 492 g/mol. The monoisotopic (exact) mass is 492 g/mol. The van der Waals surface area contributed by atoms with Crippen LogP contribution >= 0.6 is 35.3 Å². The summed E-state index contributed by atoms with van der Waals surface area (Å²) in [6.45, 7) is 13.6. The number of morpholine rings is 1. The van der Waals surface area contributed by atoms with Crippen molar-refractivity contribution in [1.29, 1.82) is 0 Å². The van der Waals surface area contributed by atoms with Gasteiger partial charge in [-0.1, -0.05) is 13.0 Å². The summed E-state index contributed by atoms with van der Waals surface area (Å²) >= 11 is 1.83. The zero-order chi connectivity index (χ0) is 17.5. The highest BCUT2D eigenvalue weighted by Gasteiger charge is 2.27. The highest BCUT2D eigenvalue weighted by atomic mass is 127. The topological polar surface area (TPSA) is 40.1 Å². The van der Waals surface area contributed by atoms with E-state index in [2.05, 4.69) is 46.5 Å². The Hall–Kier alpha value is -0.380. The van der Waals surface area contributed by atoms with Crippen LogP contribution in [0.3, 0.4) is 0 Å². The molecule has 5 nitrogen and oxygen atoms in total. The molecule has 0 aliphatic carbocycles. The number of likely N-dealkylation sites (tertiary alicyclic amines) is 1. The number of rotatable bonds is 6. The Bertz CT molecular complexity index is 534. The number of hydrogen-bond donors (Lipinski definition) is 1. The van der Waals surface area contributed by atoms with Crippen LogP contribution in [0.2, 0.25) is 0 Å². The van der Waals surface area contributed by atoms with E-state index in [0.29, 0.717) is 5.92 Å². The third kappa shape index (κ3) is 6.35. The average Bonchev–Trinajstić information content (AvgIpc) is 3.31. The SMILES string of the molecule is CCNC(=NCC(C)c1cccs1)N1CCC(CN2CCOCC2)C1.I. The van der Waals surface area contributed by atoms with Gasteiger partial charge in [-0.15, -0.1) is 35.3 Å². The predicted molar refractivity (Wildman–Crippen MR) is 121 cm³/mol. The molecule has 0 saturated carbocycles. The van der Waals surface area contributed by atoms with Gasteiger partial charge in [0.05, 0.1) is 19.8 Å². The summed E-state index contributed by atoms with van der Waals surface area (Å²) in [5, 5.41) is 5.65. The van der Waals surface area contributed by atoms with Crippen molar-refractivity contribution in [3.8, 4) is 0 Å². The second kappa shape index (κ2) is 11.5. The standard InChI is InChI=1S/C19H32N4OS.HI/c1-3-20-19(21-13-16(2)18-5-4-12-25-18)23-7-6-17(15-23)14-22-8-10-24-11-9-22;/h4-5,12,16-17H,3,6-11,13-15H2,1-2H3,(H,20,21);1H. The molecule has 2 aliphatic heterocycles. The van der Waals surface area contributed by atoms with Crippen LogP contribution in [0.15, 0.2) is 22.5 Å². The van der Waals surface area contributed by atoms with Gasteiger partial charge in [-0.2, -0.15) is 0 Å². The molecule has 3 heterocycles. The van der Waals surface area contributed by atoms with Gasteiger partial charge in [0.25, 0.3) is 0 Å².